The van der Waals surface area contributed by atoms with E-state index in [1.54, 1.807) is 0 Å². The topological polar surface area (TPSA) is 86.4 Å². The fraction of sp³-hybridized carbons (Fsp3) is 0. The molecule has 0 aromatic heterocycles. The SMILES string of the molecule is Nc1ccc(Br)c2ccccc12.O=S([O-])O. The molecule has 0 aliphatic rings. The molecular formula is C10H9BrNO3S-. The third-order valence-corrected chi connectivity index (χ3v) is 2.60. The van der Waals surface area contributed by atoms with Gasteiger partial charge >= 0.3 is 0 Å². The van der Waals surface area contributed by atoms with E-state index in [0.717, 1.165) is 20.9 Å². The smallest absolute Gasteiger partial charge is 0.0814 e. The van der Waals surface area contributed by atoms with Crippen molar-refractivity contribution in [3.63, 3.8) is 0 Å². The summed E-state index contributed by atoms with van der Waals surface area (Å²) in [5.41, 5.74) is 6.63. The fourth-order valence-electron chi connectivity index (χ4n) is 1.29. The summed E-state index contributed by atoms with van der Waals surface area (Å²) < 4.78 is 25.2. The summed E-state index contributed by atoms with van der Waals surface area (Å²) in [5, 5.41) is 2.27. The summed E-state index contributed by atoms with van der Waals surface area (Å²) >= 11 is 0.614. The monoisotopic (exact) mass is 302 g/mol. The van der Waals surface area contributed by atoms with Gasteiger partial charge in [-0.3, -0.25) is 0 Å². The molecule has 3 N–H and O–H groups in total. The Morgan fingerprint density at radius 1 is 1.19 bits per heavy atom. The predicted molar refractivity (Wildman–Crippen MR) is 67.6 cm³/mol. The predicted octanol–water partition coefficient (Wildman–Crippen LogP) is 2.52. The van der Waals surface area contributed by atoms with Crippen LogP contribution in [0.4, 0.5) is 5.69 Å². The average Bonchev–Trinajstić information content (AvgIpc) is 2.23. The highest BCUT2D eigenvalue weighted by molar-refractivity contribution is 9.10. The van der Waals surface area contributed by atoms with Crippen LogP contribution in [0.1, 0.15) is 0 Å². The number of halogens is 1. The highest BCUT2D eigenvalue weighted by Gasteiger charge is 1.99. The zero-order valence-corrected chi connectivity index (χ0v) is 10.5. The van der Waals surface area contributed by atoms with E-state index in [0.29, 0.717) is 0 Å². The lowest BCUT2D eigenvalue weighted by Crippen LogP contribution is -1.86. The second kappa shape index (κ2) is 5.95. The molecule has 0 fully saturated rings. The van der Waals surface area contributed by atoms with Crippen molar-refractivity contribution < 1.29 is 13.3 Å². The molecule has 86 valence electrons. The Bertz CT molecular complexity index is 474. The van der Waals surface area contributed by atoms with Gasteiger partial charge < -0.3 is 14.8 Å². The average molecular weight is 303 g/mol. The van der Waals surface area contributed by atoms with Gasteiger partial charge in [-0.15, -0.1) is 0 Å². The number of hydrogen-bond donors (Lipinski definition) is 2. The minimum absolute atomic E-state index is 0.828. The summed E-state index contributed by atoms with van der Waals surface area (Å²) in [6.45, 7) is 0. The standard InChI is InChI=1S/C10H8BrN.H2O3S/c11-9-5-6-10(12)8-4-2-1-3-7(8)9;1-4(2)3/h1-6H,12H2;(H2,1,2,3)/p-1. The van der Waals surface area contributed by atoms with Crippen LogP contribution in [0.2, 0.25) is 0 Å². The summed E-state index contributed by atoms with van der Waals surface area (Å²) in [6, 6.07) is 12.0. The Morgan fingerprint density at radius 3 is 2.19 bits per heavy atom. The van der Waals surface area contributed by atoms with Crippen LogP contribution in [0, 0.1) is 0 Å². The fourth-order valence-corrected chi connectivity index (χ4v) is 1.76. The lowest BCUT2D eigenvalue weighted by Gasteiger charge is -2.02. The highest BCUT2D eigenvalue weighted by atomic mass is 79.9. The van der Waals surface area contributed by atoms with E-state index in [1.807, 2.05) is 30.3 Å². The van der Waals surface area contributed by atoms with Gasteiger partial charge in [-0.25, -0.2) is 4.21 Å². The largest absolute Gasteiger partial charge is 0.750 e. The van der Waals surface area contributed by atoms with Crippen molar-refractivity contribution in [3.05, 3.63) is 40.9 Å². The normalized spacial score (nSPS) is 11.7. The molecule has 0 heterocycles. The van der Waals surface area contributed by atoms with Crippen LogP contribution in [-0.2, 0) is 11.4 Å². The molecule has 0 spiro atoms. The molecule has 0 saturated heterocycles. The first-order chi connectivity index (χ1) is 7.52. The molecule has 1 unspecified atom stereocenters. The van der Waals surface area contributed by atoms with Crippen molar-refractivity contribution in [2.24, 2.45) is 0 Å². The molecule has 16 heavy (non-hydrogen) atoms. The number of nitrogens with two attached hydrogens (primary N) is 1. The zero-order valence-electron chi connectivity index (χ0n) is 8.09. The maximum Gasteiger partial charge on any atom is 0.0814 e. The maximum atomic E-state index is 8.56. The van der Waals surface area contributed by atoms with Crippen molar-refractivity contribution in [2.75, 3.05) is 5.73 Å². The summed E-state index contributed by atoms with van der Waals surface area (Å²) in [6.07, 6.45) is 0. The van der Waals surface area contributed by atoms with E-state index < -0.39 is 11.4 Å². The zero-order chi connectivity index (χ0) is 12.1. The van der Waals surface area contributed by atoms with Crippen LogP contribution in [0.15, 0.2) is 40.9 Å². The minimum Gasteiger partial charge on any atom is -0.750 e. The van der Waals surface area contributed by atoms with Crippen LogP contribution >= 0.6 is 15.9 Å². The third-order valence-electron chi connectivity index (χ3n) is 1.90. The van der Waals surface area contributed by atoms with Gasteiger partial charge in [0.05, 0.1) is 11.4 Å². The molecule has 1 atom stereocenters. The molecule has 4 nitrogen and oxygen atoms in total. The molecule has 0 aliphatic carbocycles. The van der Waals surface area contributed by atoms with Crippen LogP contribution in [0.25, 0.3) is 10.8 Å². The van der Waals surface area contributed by atoms with Crippen LogP contribution in [0.5, 0.6) is 0 Å². The quantitative estimate of drug-likeness (QED) is 0.578. The lowest BCUT2D eigenvalue weighted by atomic mass is 10.1. The van der Waals surface area contributed by atoms with Gasteiger partial charge in [0.1, 0.15) is 0 Å². The number of hydrogen-bond acceptors (Lipinski definition) is 3. The van der Waals surface area contributed by atoms with E-state index in [2.05, 4.69) is 22.0 Å². The van der Waals surface area contributed by atoms with Gasteiger partial charge in [-0.2, -0.15) is 0 Å². The molecule has 0 saturated carbocycles. The van der Waals surface area contributed by atoms with Gasteiger partial charge in [0.25, 0.3) is 0 Å². The van der Waals surface area contributed by atoms with Gasteiger partial charge in [0.2, 0.25) is 0 Å². The Kier molecular flexibility index (Phi) is 4.88. The summed E-state index contributed by atoms with van der Waals surface area (Å²) in [5.74, 6) is 0. The van der Waals surface area contributed by atoms with E-state index in [4.69, 9.17) is 19.0 Å². The van der Waals surface area contributed by atoms with Crippen molar-refractivity contribution in [1.82, 2.24) is 0 Å². The first-order valence-corrected chi connectivity index (χ1v) is 6.06. The molecule has 2 rings (SSSR count). The molecule has 6 heteroatoms. The molecule has 2 aromatic rings. The van der Waals surface area contributed by atoms with Crippen LogP contribution in [-0.4, -0.2) is 13.3 Å². The number of anilines is 1. The molecule has 0 amide bonds. The Labute approximate surface area is 104 Å². The van der Waals surface area contributed by atoms with Crippen LogP contribution < -0.4 is 5.73 Å². The van der Waals surface area contributed by atoms with Crippen LogP contribution in [0.3, 0.4) is 0 Å². The second-order valence-corrected chi connectivity index (χ2v) is 4.19. The van der Waals surface area contributed by atoms with Gasteiger partial charge in [-0.1, -0.05) is 40.2 Å². The lowest BCUT2D eigenvalue weighted by molar-refractivity contribution is 0.436. The summed E-state index contributed by atoms with van der Waals surface area (Å²) in [7, 11) is 0. The van der Waals surface area contributed by atoms with E-state index in [9.17, 15) is 0 Å². The van der Waals surface area contributed by atoms with Crippen molar-refractivity contribution in [1.29, 1.82) is 0 Å². The van der Waals surface area contributed by atoms with Gasteiger partial charge in [-0.05, 0) is 17.5 Å². The second-order valence-electron chi connectivity index (χ2n) is 2.90. The van der Waals surface area contributed by atoms with Gasteiger partial charge in [0, 0.05) is 15.5 Å². The minimum atomic E-state index is -2.86. The molecule has 0 aliphatic heterocycles. The number of rotatable bonds is 0. The Hall–Kier alpha value is -0.950. The number of nitrogen functional groups attached to an aromatic ring is 1. The summed E-state index contributed by atoms with van der Waals surface area (Å²) in [4.78, 5) is 0. The third kappa shape index (κ3) is 3.57. The molecule has 0 bridgehead atoms. The van der Waals surface area contributed by atoms with Crippen molar-refractivity contribution in [2.45, 2.75) is 0 Å². The highest BCUT2D eigenvalue weighted by Crippen LogP contribution is 2.27. The first-order valence-electron chi connectivity index (χ1n) is 4.23. The number of fused-ring (bicyclic) bond motifs is 1. The first kappa shape index (κ1) is 13.1. The Morgan fingerprint density at radius 2 is 1.69 bits per heavy atom. The van der Waals surface area contributed by atoms with Gasteiger partial charge in [0.15, 0.2) is 0 Å². The molecule has 2 aromatic carbocycles. The van der Waals surface area contributed by atoms with E-state index in [1.165, 1.54) is 0 Å². The Balaban J connectivity index is 0.000000280. The number of benzene rings is 2. The molecule has 0 radical (unpaired) electrons. The maximum absolute atomic E-state index is 8.56. The van der Waals surface area contributed by atoms with Crippen molar-refractivity contribution >= 4 is 43.8 Å². The molecular weight excluding hydrogens is 294 g/mol. The van der Waals surface area contributed by atoms with E-state index >= 15 is 0 Å². The van der Waals surface area contributed by atoms with E-state index in [-0.39, 0.29) is 0 Å². The van der Waals surface area contributed by atoms with Crippen molar-refractivity contribution in [3.8, 4) is 0 Å².